The van der Waals surface area contributed by atoms with E-state index in [0.717, 1.165) is 28.0 Å². The number of aryl methyl sites for hydroxylation is 2. The second kappa shape index (κ2) is 6.24. The number of hydrogen-bond donors (Lipinski definition) is 1. The van der Waals surface area contributed by atoms with Gasteiger partial charge in [0.2, 0.25) is 0 Å². The normalized spacial score (nSPS) is 18.0. The molecule has 0 saturated carbocycles. The summed E-state index contributed by atoms with van der Waals surface area (Å²) in [5.74, 6) is -0.282. The van der Waals surface area contributed by atoms with Crippen LogP contribution >= 0.6 is 11.3 Å². The van der Waals surface area contributed by atoms with Crippen LogP contribution in [0.1, 0.15) is 27.0 Å². The van der Waals surface area contributed by atoms with Gasteiger partial charge < -0.3 is 10.2 Å². The Morgan fingerprint density at radius 3 is 3.00 bits per heavy atom. The minimum absolute atomic E-state index is 0.00337. The van der Waals surface area contributed by atoms with Gasteiger partial charge in [0.25, 0.3) is 5.91 Å². The summed E-state index contributed by atoms with van der Waals surface area (Å²) in [5, 5.41) is 8.71. The quantitative estimate of drug-likeness (QED) is 0.766. The van der Waals surface area contributed by atoms with Gasteiger partial charge in [-0.3, -0.25) is 9.48 Å². The molecule has 7 heteroatoms. The van der Waals surface area contributed by atoms with E-state index in [1.54, 1.807) is 6.07 Å². The highest BCUT2D eigenvalue weighted by Gasteiger charge is 2.30. The van der Waals surface area contributed by atoms with Gasteiger partial charge >= 0.3 is 0 Å². The van der Waals surface area contributed by atoms with Crippen LogP contribution in [0.3, 0.4) is 0 Å². The molecule has 1 aromatic carbocycles. The zero-order valence-corrected chi connectivity index (χ0v) is 14.9. The number of amides is 1. The number of nitrogens with zero attached hydrogens (tertiary/aromatic N) is 3. The molecule has 5 nitrogen and oxygen atoms in total. The highest BCUT2D eigenvalue weighted by Crippen LogP contribution is 2.31. The Hall–Kier alpha value is -2.25. The number of nitrogens with one attached hydrogen (secondary N) is 1. The van der Waals surface area contributed by atoms with Gasteiger partial charge in [-0.1, -0.05) is 12.1 Å². The number of carbonyl (C=O) groups excluding carboxylic acids is 1. The molecule has 3 aromatic rings. The molecule has 2 aromatic heterocycles. The number of carbonyl (C=O) groups is 1. The van der Waals surface area contributed by atoms with Crippen LogP contribution < -0.4 is 5.32 Å². The zero-order chi connectivity index (χ0) is 17.6. The minimum Gasteiger partial charge on any atom is -0.328 e. The van der Waals surface area contributed by atoms with Gasteiger partial charge in [0.15, 0.2) is 0 Å². The van der Waals surface area contributed by atoms with Crippen molar-refractivity contribution in [1.82, 2.24) is 20.0 Å². The molecule has 1 aliphatic heterocycles. The van der Waals surface area contributed by atoms with Crippen LogP contribution in [0, 0.1) is 12.7 Å². The Bertz CT molecular complexity index is 913. The Balaban J connectivity index is 1.69. The first-order chi connectivity index (χ1) is 12.0. The summed E-state index contributed by atoms with van der Waals surface area (Å²) < 4.78 is 15.4. The molecule has 0 bridgehead atoms. The summed E-state index contributed by atoms with van der Waals surface area (Å²) in [6.45, 7) is 3.92. The van der Waals surface area contributed by atoms with Crippen molar-refractivity contribution in [2.45, 2.75) is 13.0 Å². The lowest BCUT2D eigenvalue weighted by molar-refractivity contribution is 0.0639. The van der Waals surface area contributed by atoms with E-state index in [-0.39, 0.29) is 17.8 Å². The smallest absolute Gasteiger partial charge is 0.264 e. The van der Waals surface area contributed by atoms with Crippen LogP contribution in [0.2, 0.25) is 0 Å². The maximum Gasteiger partial charge on any atom is 0.264 e. The molecule has 0 radical (unpaired) electrons. The fourth-order valence-electron chi connectivity index (χ4n) is 3.41. The van der Waals surface area contributed by atoms with Crippen LogP contribution in [0.15, 0.2) is 30.3 Å². The topological polar surface area (TPSA) is 50.2 Å². The highest BCUT2D eigenvalue weighted by molar-refractivity contribution is 7.20. The van der Waals surface area contributed by atoms with E-state index >= 15 is 0 Å². The molecule has 3 heterocycles. The monoisotopic (exact) mass is 358 g/mol. The first-order valence-corrected chi connectivity index (χ1v) is 9.06. The third-order valence-corrected chi connectivity index (χ3v) is 5.83. The van der Waals surface area contributed by atoms with E-state index in [9.17, 15) is 9.18 Å². The lowest BCUT2D eigenvalue weighted by atomic mass is 10.0. The van der Waals surface area contributed by atoms with Gasteiger partial charge in [-0.15, -0.1) is 11.3 Å². The predicted molar refractivity (Wildman–Crippen MR) is 96.4 cm³/mol. The van der Waals surface area contributed by atoms with E-state index in [1.165, 1.54) is 23.5 Å². The van der Waals surface area contributed by atoms with Crippen molar-refractivity contribution in [2.24, 2.45) is 7.05 Å². The summed E-state index contributed by atoms with van der Waals surface area (Å²) >= 11 is 1.46. The van der Waals surface area contributed by atoms with Crippen molar-refractivity contribution in [1.29, 1.82) is 0 Å². The van der Waals surface area contributed by atoms with Gasteiger partial charge in [-0.2, -0.15) is 5.10 Å². The van der Waals surface area contributed by atoms with Crippen LogP contribution in [0.4, 0.5) is 4.39 Å². The van der Waals surface area contributed by atoms with Gasteiger partial charge in [0.05, 0.1) is 16.6 Å². The van der Waals surface area contributed by atoms with Crippen molar-refractivity contribution in [2.75, 3.05) is 19.6 Å². The van der Waals surface area contributed by atoms with Gasteiger partial charge in [0, 0.05) is 32.1 Å². The number of thiophene rings is 1. The molecule has 1 N–H and O–H groups in total. The Morgan fingerprint density at radius 2 is 2.24 bits per heavy atom. The van der Waals surface area contributed by atoms with E-state index in [1.807, 2.05) is 35.7 Å². The molecule has 1 atom stereocenters. The largest absolute Gasteiger partial charge is 0.328 e. The first-order valence-electron chi connectivity index (χ1n) is 8.25. The number of halogens is 1. The molecule has 0 aliphatic carbocycles. The number of benzene rings is 1. The van der Waals surface area contributed by atoms with Gasteiger partial charge in [-0.25, -0.2) is 4.39 Å². The zero-order valence-electron chi connectivity index (χ0n) is 14.1. The third kappa shape index (κ3) is 2.83. The molecule has 1 saturated heterocycles. The van der Waals surface area contributed by atoms with Crippen molar-refractivity contribution < 1.29 is 9.18 Å². The van der Waals surface area contributed by atoms with Crippen molar-refractivity contribution in [3.8, 4) is 0 Å². The number of rotatable bonds is 2. The average Bonchev–Trinajstić information content (AvgIpc) is 3.16. The molecule has 4 rings (SSSR count). The number of aromatic nitrogens is 2. The summed E-state index contributed by atoms with van der Waals surface area (Å²) in [6.07, 6.45) is 0. The maximum atomic E-state index is 13.6. The molecular weight excluding hydrogens is 339 g/mol. The maximum absolute atomic E-state index is 13.6. The lowest BCUT2D eigenvalue weighted by Gasteiger charge is -2.36. The Morgan fingerprint density at radius 1 is 1.40 bits per heavy atom. The van der Waals surface area contributed by atoms with Crippen LogP contribution in [0.5, 0.6) is 0 Å². The molecule has 1 fully saturated rings. The fourth-order valence-corrected chi connectivity index (χ4v) is 4.49. The van der Waals surface area contributed by atoms with Crippen molar-refractivity contribution in [3.05, 3.63) is 52.3 Å². The van der Waals surface area contributed by atoms with Gasteiger partial charge in [0.1, 0.15) is 10.6 Å². The van der Waals surface area contributed by atoms with Crippen molar-refractivity contribution >= 4 is 27.5 Å². The standard InChI is InChI=1S/C18H19FN4OS/c1-11-14-9-16(25-18(14)22(2)21-11)17(24)23-7-6-20-10-15(23)12-4-3-5-13(19)8-12/h3-5,8-9,15,20H,6-7,10H2,1-2H3. The highest BCUT2D eigenvalue weighted by atomic mass is 32.1. The summed E-state index contributed by atoms with van der Waals surface area (Å²) in [6, 6.07) is 8.26. The first kappa shape index (κ1) is 16.2. The molecule has 0 spiro atoms. The molecule has 1 unspecified atom stereocenters. The molecule has 130 valence electrons. The summed E-state index contributed by atoms with van der Waals surface area (Å²) in [5.41, 5.74) is 1.74. The van der Waals surface area contributed by atoms with E-state index < -0.39 is 0 Å². The Labute approximate surface area is 149 Å². The summed E-state index contributed by atoms with van der Waals surface area (Å²) in [4.78, 5) is 16.7. The van der Waals surface area contributed by atoms with Crippen molar-refractivity contribution in [3.63, 3.8) is 0 Å². The molecule has 25 heavy (non-hydrogen) atoms. The fraction of sp³-hybridized carbons (Fsp3) is 0.333. The van der Waals surface area contributed by atoms with Crippen LogP contribution in [-0.2, 0) is 7.05 Å². The van der Waals surface area contributed by atoms with Crippen LogP contribution in [0.25, 0.3) is 10.2 Å². The molecular formula is C18H19FN4OS. The minimum atomic E-state index is -0.279. The lowest BCUT2D eigenvalue weighted by Crippen LogP contribution is -2.48. The number of hydrogen-bond acceptors (Lipinski definition) is 4. The SMILES string of the molecule is Cc1nn(C)c2sc(C(=O)N3CCNCC3c3cccc(F)c3)cc12. The average molecular weight is 358 g/mol. The van der Waals surface area contributed by atoms with E-state index in [2.05, 4.69) is 10.4 Å². The number of fused-ring (bicyclic) bond motifs is 1. The molecule has 1 aliphatic rings. The second-order valence-corrected chi connectivity index (χ2v) is 7.34. The summed E-state index contributed by atoms with van der Waals surface area (Å²) in [7, 11) is 1.89. The third-order valence-electron chi connectivity index (χ3n) is 4.64. The Kier molecular flexibility index (Phi) is 4.05. The predicted octanol–water partition coefficient (Wildman–Crippen LogP) is 2.87. The van der Waals surface area contributed by atoms with Crippen LogP contribution in [-0.4, -0.2) is 40.2 Å². The van der Waals surface area contributed by atoms with E-state index in [0.29, 0.717) is 18.0 Å². The van der Waals surface area contributed by atoms with E-state index in [4.69, 9.17) is 0 Å². The second-order valence-electron chi connectivity index (χ2n) is 6.31. The molecule has 1 amide bonds. The van der Waals surface area contributed by atoms with Gasteiger partial charge in [-0.05, 0) is 30.7 Å². The number of piperazine rings is 1.